The second-order valence-corrected chi connectivity index (χ2v) is 6.72. The van der Waals surface area contributed by atoms with Gasteiger partial charge in [-0.3, -0.25) is 14.0 Å². The van der Waals surface area contributed by atoms with Gasteiger partial charge in [0.2, 0.25) is 0 Å². The third-order valence-corrected chi connectivity index (χ3v) is 5.08. The Morgan fingerprint density at radius 1 is 1.30 bits per heavy atom. The van der Waals surface area contributed by atoms with Crippen molar-refractivity contribution in [3.8, 4) is 11.3 Å². The fourth-order valence-electron chi connectivity index (χ4n) is 2.65. The van der Waals surface area contributed by atoms with E-state index in [0.29, 0.717) is 32.8 Å². The van der Waals surface area contributed by atoms with Gasteiger partial charge in [-0.25, -0.2) is 4.98 Å². The molecule has 0 radical (unpaired) electrons. The van der Waals surface area contributed by atoms with E-state index in [1.54, 1.807) is 11.3 Å². The SMILES string of the molecule is Cc1c(C(N)=O)sc2nc(-c3ccc(C(C)C)cc3)c(C=O)n12. The van der Waals surface area contributed by atoms with Gasteiger partial charge in [0.05, 0.1) is 0 Å². The first-order valence-electron chi connectivity index (χ1n) is 7.31. The van der Waals surface area contributed by atoms with Gasteiger partial charge in [0.1, 0.15) is 16.3 Å². The summed E-state index contributed by atoms with van der Waals surface area (Å²) in [5.74, 6) is -0.0573. The van der Waals surface area contributed by atoms with Gasteiger partial charge < -0.3 is 5.73 Å². The standard InChI is InChI=1S/C17H17N3O2S/c1-9(2)11-4-6-12(7-5-11)14-13(8-21)20-10(3)15(16(18)22)23-17(20)19-14/h4-9H,1-3H3,(H2,18,22). The Labute approximate surface area is 137 Å². The number of nitrogens with zero attached hydrogens (tertiary/aromatic N) is 2. The Balaban J connectivity index is 2.18. The molecular formula is C17H17N3O2S. The number of fused-ring (bicyclic) bond motifs is 1. The number of benzene rings is 1. The molecule has 0 saturated carbocycles. The normalized spacial score (nSPS) is 11.3. The Kier molecular flexibility index (Phi) is 3.77. The van der Waals surface area contributed by atoms with Gasteiger partial charge in [0.15, 0.2) is 11.2 Å². The molecule has 0 fully saturated rings. The first-order valence-corrected chi connectivity index (χ1v) is 8.12. The van der Waals surface area contributed by atoms with Crippen molar-refractivity contribution in [3.05, 3.63) is 46.1 Å². The molecule has 23 heavy (non-hydrogen) atoms. The monoisotopic (exact) mass is 327 g/mol. The molecule has 2 aromatic heterocycles. The third-order valence-electron chi connectivity index (χ3n) is 3.93. The minimum atomic E-state index is -0.502. The van der Waals surface area contributed by atoms with Gasteiger partial charge >= 0.3 is 0 Å². The van der Waals surface area contributed by atoms with E-state index in [-0.39, 0.29) is 0 Å². The summed E-state index contributed by atoms with van der Waals surface area (Å²) in [4.78, 5) is 28.6. The van der Waals surface area contributed by atoms with Gasteiger partial charge in [-0.2, -0.15) is 0 Å². The second kappa shape index (κ2) is 5.62. The van der Waals surface area contributed by atoms with Crippen molar-refractivity contribution in [2.45, 2.75) is 26.7 Å². The number of aryl methyl sites for hydroxylation is 1. The minimum Gasteiger partial charge on any atom is -0.365 e. The first kappa shape index (κ1) is 15.4. The molecule has 3 aromatic rings. The van der Waals surface area contributed by atoms with Crippen LogP contribution >= 0.6 is 11.3 Å². The maximum absolute atomic E-state index is 11.6. The fraction of sp³-hybridized carbons (Fsp3) is 0.235. The van der Waals surface area contributed by atoms with Gasteiger partial charge in [-0.1, -0.05) is 49.4 Å². The van der Waals surface area contributed by atoms with E-state index in [0.717, 1.165) is 11.8 Å². The lowest BCUT2D eigenvalue weighted by molar-refractivity contribution is 0.100. The predicted octanol–water partition coefficient (Wildman–Crippen LogP) is 3.41. The molecule has 2 N–H and O–H groups in total. The molecule has 5 nitrogen and oxygen atoms in total. The highest BCUT2D eigenvalue weighted by Gasteiger charge is 2.21. The highest BCUT2D eigenvalue weighted by molar-refractivity contribution is 7.19. The summed E-state index contributed by atoms with van der Waals surface area (Å²) in [7, 11) is 0. The quantitative estimate of drug-likeness (QED) is 0.746. The maximum Gasteiger partial charge on any atom is 0.260 e. The molecule has 0 aliphatic carbocycles. The summed E-state index contributed by atoms with van der Waals surface area (Å²) < 4.78 is 1.70. The zero-order valence-electron chi connectivity index (χ0n) is 13.2. The van der Waals surface area contributed by atoms with E-state index in [1.807, 2.05) is 24.3 Å². The minimum absolute atomic E-state index is 0.428. The van der Waals surface area contributed by atoms with Gasteiger partial charge in [0.25, 0.3) is 5.91 Å². The Hall–Kier alpha value is -2.47. The smallest absolute Gasteiger partial charge is 0.260 e. The summed E-state index contributed by atoms with van der Waals surface area (Å²) in [5.41, 5.74) is 9.20. The highest BCUT2D eigenvalue weighted by Crippen LogP contribution is 2.30. The topological polar surface area (TPSA) is 77.5 Å². The molecule has 0 atom stereocenters. The number of hydrogen-bond donors (Lipinski definition) is 1. The van der Waals surface area contributed by atoms with Crippen LogP contribution in [0.3, 0.4) is 0 Å². The second-order valence-electron chi connectivity index (χ2n) is 5.74. The summed E-state index contributed by atoms with van der Waals surface area (Å²) in [6.45, 7) is 6.03. The van der Waals surface area contributed by atoms with Crippen LogP contribution in [-0.4, -0.2) is 21.6 Å². The molecule has 118 valence electrons. The van der Waals surface area contributed by atoms with Crippen LogP contribution in [0.15, 0.2) is 24.3 Å². The number of primary amides is 1. The molecular weight excluding hydrogens is 310 g/mol. The van der Waals surface area contributed by atoms with E-state index in [4.69, 9.17) is 5.73 Å². The number of carbonyl (C=O) groups is 2. The summed E-state index contributed by atoms with van der Waals surface area (Å²) in [5, 5.41) is 0. The van der Waals surface area contributed by atoms with Crippen LogP contribution in [0.1, 0.15) is 51.2 Å². The number of imidazole rings is 1. The number of carbonyl (C=O) groups excluding carboxylic acids is 2. The van der Waals surface area contributed by atoms with Crippen LogP contribution < -0.4 is 5.73 Å². The number of hydrogen-bond acceptors (Lipinski definition) is 4. The highest BCUT2D eigenvalue weighted by atomic mass is 32.1. The average Bonchev–Trinajstić information content (AvgIpc) is 3.04. The number of aromatic nitrogens is 2. The average molecular weight is 327 g/mol. The molecule has 0 spiro atoms. The third kappa shape index (κ3) is 2.45. The van der Waals surface area contributed by atoms with Crippen molar-refractivity contribution in [1.82, 2.24) is 9.38 Å². The molecule has 3 rings (SSSR count). The van der Waals surface area contributed by atoms with Crippen LogP contribution in [-0.2, 0) is 0 Å². The van der Waals surface area contributed by atoms with Crippen molar-refractivity contribution in [2.24, 2.45) is 5.73 Å². The lowest BCUT2D eigenvalue weighted by Gasteiger charge is -2.06. The number of aldehydes is 1. The van der Waals surface area contributed by atoms with Crippen molar-refractivity contribution in [3.63, 3.8) is 0 Å². The Morgan fingerprint density at radius 3 is 2.48 bits per heavy atom. The molecule has 1 amide bonds. The summed E-state index contributed by atoms with van der Waals surface area (Å²) in [6, 6.07) is 8.03. The van der Waals surface area contributed by atoms with Crippen molar-refractivity contribution in [1.29, 1.82) is 0 Å². The number of thiazole rings is 1. The van der Waals surface area contributed by atoms with Crippen LogP contribution in [0.4, 0.5) is 0 Å². The van der Waals surface area contributed by atoms with Crippen molar-refractivity contribution in [2.75, 3.05) is 0 Å². The van der Waals surface area contributed by atoms with Crippen LogP contribution in [0.5, 0.6) is 0 Å². The zero-order valence-corrected chi connectivity index (χ0v) is 14.0. The van der Waals surface area contributed by atoms with Gasteiger partial charge in [-0.05, 0) is 18.4 Å². The van der Waals surface area contributed by atoms with Crippen LogP contribution in [0.25, 0.3) is 16.2 Å². The lowest BCUT2D eigenvalue weighted by atomic mass is 10.0. The van der Waals surface area contributed by atoms with Gasteiger partial charge in [0, 0.05) is 11.3 Å². The van der Waals surface area contributed by atoms with E-state index >= 15 is 0 Å². The van der Waals surface area contributed by atoms with E-state index in [9.17, 15) is 9.59 Å². The van der Waals surface area contributed by atoms with Crippen molar-refractivity contribution >= 4 is 28.5 Å². The van der Waals surface area contributed by atoms with Crippen molar-refractivity contribution < 1.29 is 9.59 Å². The number of amides is 1. The first-order chi connectivity index (χ1) is 10.9. The number of rotatable bonds is 4. The molecule has 0 saturated heterocycles. The molecule has 0 bridgehead atoms. The Bertz CT molecular complexity index is 904. The molecule has 1 aromatic carbocycles. The predicted molar refractivity (Wildman–Crippen MR) is 91.2 cm³/mol. The molecule has 0 aliphatic heterocycles. The van der Waals surface area contributed by atoms with E-state index in [1.165, 1.54) is 16.9 Å². The maximum atomic E-state index is 11.6. The van der Waals surface area contributed by atoms with Crippen LogP contribution in [0.2, 0.25) is 0 Å². The molecule has 6 heteroatoms. The molecule has 0 aliphatic rings. The largest absolute Gasteiger partial charge is 0.365 e. The van der Waals surface area contributed by atoms with E-state index < -0.39 is 5.91 Å². The number of nitrogens with two attached hydrogens (primary N) is 1. The van der Waals surface area contributed by atoms with Gasteiger partial charge in [-0.15, -0.1) is 0 Å². The molecule has 0 unspecified atom stereocenters. The van der Waals surface area contributed by atoms with E-state index in [2.05, 4.69) is 18.8 Å². The summed E-state index contributed by atoms with van der Waals surface area (Å²) in [6.07, 6.45) is 0.774. The van der Waals surface area contributed by atoms with Crippen LogP contribution in [0, 0.1) is 6.92 Å². The lowest BCUT2D eigenvalue weighted by Crippen LogP contribution is -2.11. The zero-order chi connectivity index (χ0) is 16.7. The summed E-state index contributed by atoms with van der Waals surface area (Å²) >= 11 is 1.20. The Morgan fingerprint density at radius 2 is 1.96 bits per heavy atom. The fourth-order valence-corrected chi connectivity index (χ4v) is 3.63. The molecule has 2 heterocycles.